The Morgan fingerprint density at radius 2 is 0.778 bits per heavy atom. The van der Waals surface area contributed by atoms with Crippen molar-refractivity contribution in [3.63, 3.8) is 0 Å². The predicted octanol–water partition coefficient (Wildman–Crippen LogP) is 14.2. The summed E-state index contributed by atoms with van der Waals surface area (Å²) < 4.78 is 11.5. The maximum Gasteiger partial charge on any atom is 0.306 e. The van der Waals surface area contributed by atoms with Crippen molar-refractivity contribution >= 4 is 11.9 Å². The minimum absolute atomic E-state index is 0.0234. The first-order valence-corrected chi connectivity index (χ1v) is 24.3. The molecular formula is C48H95NO5. The van der Waals surface area contributed by atoms with Crippen LogP contribution in [0.5, 0.6) is 0 Å². The van der Waals surface area contributed by atoms with Crippen molar-refractivity contribution < 1.29 is 24.2 Å². The third-order valence-corrected chi connectivity index (χ3v) is 11.2. The Hall–Kier alpha value is -1.14. The van der Waals surface area contributed by atoms with Gasteiger partial charge < -0.3 is 19.5 Å². The van der Waals surface area contributed by atoms with Crippen molar-refractivity contribution in [2.75, 3.05) is 32.8 Å². The van der Waals surface area contributed by atoms with Crippen molar-refractivity contribution in [1.82, 2.24) is 4.90 Å². The summed E-state index contributed by atoms with van der Waals surface area (Å²) in [6, 6.07) is 0. The summed E-state index contributed by atoms with van der Waals surface area (Å²) in [4.78, 5) is 27.1. The molecule has 0 atom stereocenters. The second kappa shape index (κ2) is 44.6. The Morgan fingerprint density at radius 3 is 1.20 bits per heavy atom. The quantitative estimate of drug-likeness (QED) is 0.0491. The molecule has 0 unspecified atom stereocenters. The van der Waals surface area contributed by atoms with Gasteiger partial charge >= 0.3 is 11.9 Å². The molecule has 0 spiro atoms. The molecule has 54 heavy (non-hydrogen) atoms. The number of ether oxygens (including phenoxy) is 2. The fourth-order valence-electron chi connectivity index (χ4n) is 7.58. The second-order valence-electron chi connectivity index (χ2n) is 16.6. The molecule has 0 aromatic heterocycles. The smallest absolute Gasteiger partial charge is 0.306 e. The molecule has 0 aliphatic carbocycles. The van der Waals surface area contributed by atoms with E-state index in [9.17, 15) is 14.7 Å². The van der Waals surface area contributed by atoms with E-state index in [4.69, 9.17) is 9.47 Å². The molecule has 0 aromatic carbocycles. The Kier molecular flexibility index (Phi) is 43.6. The zero-order chi connectivity index (χ0) is 39.4. The zero-order valence-electron chi connectivity index (χ0n) is 36.8. The highest BCUT2D eigenvalue weighted by Crippen LogP contribution is 2.19. The lowest BCUT2D eigenvalue weighted by Crippen LogP contribution is -2.29. The van der Waals surface area contributed by atoms with E-state index in [0.717, 1.165) is 77.4 Å². The van der Waals surface area contributed by atoms with E-state index < -0.39 is 0 Å². The number of carbonyl (C=O) groups excluding carboxylic acids is 2. The minimum atomic E-state index is -0.0234. The topological polar surface area (TPSA) is 76.1 Å². The average Bonchev–Trinajstić information content (AvgIpc) is 3.16. The molecule has 0 amide bonds. The van der Waals surface area contributed by atoms with Crippen LogP contribution in [0.4, 0.5) is 0 Å². The molecule has 0 aromatic rings. The Labute approximate surface area is 337 Å². The summed E-state index contributed by atoms with van der Waals surface area (Å²) in [7, 11) is 0. The van der Waals surface area contributed by atoms with Gasteiger partial charge in [-0.25, -0.2) is 0 Å². The maximum absolute atomic E-state index is 12.7. The lowest BCUT2D eigenvalue weighted by atomic mass is 10.0. The molecule has 322 valence electrons. The van der Waals surface area contributed by atoms with Gasteiger partial charge in [0.1, 0.15) is 6.10 Å². The predicted molar refractivity (Wildman–Crippen MR) is 232 cm³/mol. The number of aliphatic hydroxyl groups excluding tert-OH is 1. The van der Waals surface area contributed by atoms with Gasteiger partial charge in [0.25, 0.3) is 0 Å². The summed E-state index contributed by atoms with van der Waals surface area (Å²) in [6.07, 6.45) is 44.0. The van der Waals surface area contributed by atoms with Gasteiger partial charge in [0, 0.05) is 19.4 Å². The van der Waals surface area contributed by atoms with Gasteiger partial charge in [-0.15, -0.1) is 0 Å². The number of aliphatic hydroxyl groups is 1. The molecule has 0 heterocycles. The van der Waals surface area contributed by atoms with Gasteiger partial charge in [0.15, 0.2) is 0 Å². The molecule has 0 saturated heterocycles. The normalized spacial score (nSPS) is 11.6. The van der Waals surface area contributed by atoms with E-state index in [1.807, 2.05) is 0 Å². The molecule has 0 aliphatic rings. The first-order chi connectivity index (χ1) is 26.6. The van der Waals surface area contributed by atoms with E-state index in [-0.39, 0.29) is 24.6 Å². The van der Waals surface area contributed by atoms with Crippen LogP contribution in [0.15, 0.2) is 0 Å². The first-order valence-electron chi connectivity index (χ1n) is 24.3. The van der Waals surface area contributed by atoms with Gasteiger partial charge in [0.2, 0.25) is 0 Å². The van der Waals surface area contributed by atoms with Crippen LogP contribution in [-0.4, -0.2) is 60.9 Å². The number of hydrogen-bond donors (Lipinski definition) is 1. The first kappa shape index (κ1) is 52.9. The van der Waals surface area contributed by atoms with Crippen LogP contribution in [0.1, 0.15) is 258 Å². The number of rotatable bonds is 45. The van der Waals surface area contributed by atoms with Crippen molar-refractivity contribution in [2.45, 2.75) is 264 Å². The SMILES string of the molecule is CCCCCCCCCCCOC(=O)CCCCCCCN(CCO)CCCCCCCCCC(=O)OC(CCCCCCCC)CCCCCCCC. The van der Waals surface area contributed by atoms with Crippen LogP contribution in [0, 0.1) is 0 Å². The lowest BCUT2D eigenvalue weighted by Gasteiger charge is -2.21. The highest BCUT2D eigenvalue weighted by molar-refractivity contribution is 5.69. The number of carbonyl (C=O) groups is 2. The standard InChI is InChI=1S/C48H95NO5/c1-4-7-10-13-16-17-21-29-36-45-53-47(51)39-32-26-22-28-35-42-49(43-44-50)41-34-27-20-18-19-25-33-40-48(52)54-46(37-30-23-14-11-8-5-2)38-31-24-15-12-9-6-3/h46,50H,4-45H2,1-3H3. The summed E-state index contributed by atoms with van der Waals surface area (Å²) in [5, 5.41) is 9.55. The summed E-state index contributed by atoms with van der Waals surface area (Å²) in [5.74, 6) is 0.00484. The van der Waals surface area contributed by atoms with E-state index in [0.29, 0.717) is 19.4 Å². The number of unbranched alkanes of at least 4 members (excludes halogenated alkanes) is 28. The van der Waals surface area contributed by atoms with Crippen LogP contribution in [0.2, 0.25) is 0 Å². The average molecular weight is 766 g/mol. The van der Waals surface area contributed by atoms with Gasteiger partial charge in [-0.1, -0.05) is 188 Å². The molecule has 0 radical (unpaired) electrons. The van der Waals surface area contributed by atoms with Crippen molar-refractivity contribution in [3.05, 3.63) is 0 Å². The van der Waals surface area contributed by atoms with Crippen molar-refractivity contribution in [3.8, 4) is 0 Å². The molecule has 0 rings (SSSR count). The fraction of sp³-hybridized carbons (Fsp3) is 0.958. The zero-order valence-corrected chi connectivity index (χ0v) is 36.8. The lowest BCUT2D eigenvalue weighted by molar-refractivity contribution is -0.150. The summed E-state index contributed by atoms with van der Waals surface area (Å²) >= 11 is 0. The Morgan fingerprint density at radius 1 is 0.426 bits per heavy atom. The second-order valence-corrected chi connectivity index (χ2v) is 16.6. The Balaban J connectivity index is 3.85. The number of hydrogen-bond acceptors (Lipinski definition) is 6. The van der Waals surface area contributed by atoms with Gasteiger partial charge in [0.05, 0.1) is 13.2 Å². The minimum Gasteiger partial charge on any atom is -0.466 e. The molecule has 0 saturated carbocycles. The third kappa shape index (κ3) is 40.5. The van der Waals surface area contributed by atoms with Crippen LogP contribution in [0.3, 0.4) is 0 Å². The third-order valence-electron chi connectivity index (χ3n) is 11.2. The molecule has 6 nitrogen and oxygen atoms in total. The maximum atomic E-state index is 12.7. The van der Waals surface area contributed by atoms with E-state index >= 15 is 0 Å². The van der Waals surface area contributed by atoms with Gasteiger partial charge in [-0.2, -0.15) is 0 Å². The highest BCUT2D eigenvalue weighted by atomic mass is 16.5. The van der Waals surface area contributed by atoms with Crippen LogP contribution in [0.25, 0.3) is 0 Å². The van der Waals surface area contributed by atoms with Crippen LogP contribution in [-0.2, 0) is 19.1 Å². The van der Waals surface area contributed by atoms with Crippen LogP contribution >= 0.6 is 0 Å². The van der Waals surface area contributed by atoms with Gasteiger partial charge in [-0.3, -0.25) is 9.59 Å². The molecule has 0 fully saturated rings. The summed E-state index contributed by atoms with van der Waals surface area (Å²) in [6.45, 7) is 10.5. The van der Waals surface area contributed by atoms with Crippen LogP contribution < -0.4 is 0 Å². The molecule has 1 N–H and O–H groups in total. The van der Waals surface area contributed by atoms with Crippen molar-refractivity contribution in [2.24, 2.45) is 0 Å². The molecule has 6 heteroatoms. The Bertz CT molecular complexity index is 745. The van der Waals surface area contributed by atoms with E-state index in [1.54, 1.807) is 0 Å². The fourth-order valence-corrected chi connectivity index (χ4v) is 7.58. The monoisotopic (exact) mass is 766 g/mol. The van der Waals surface area contributed by atoms with E-state index in [2.05, 4.69) is 25.7 Å². The summed E-state index contributed by atoms with van der Waals surface area (Å²) in [5.41, 5.74) is 0. The largest absolute Gasteiger partial charge is 0.466 e. The van der Waals surface area contributed by atoms with Gasteiger partial charge in [-0.05, 0) is 70.9 Å². The number of nitrogens with zero attached hydrogens (tertiary/aromatic N) is 1. The molecule has 0 bridgehead atoms. The molecule has 0 aliphatic heterocycles. The molecular weight excluding hydrogens is 671 g/mol. The van der Waals surface area contributed by atoms with E-state index in [1.165, 1.54) is 167 Å². The number of esters is 2. The highest BCUT2D eigenvalue weighted by Gasteiger charge is 2.14. The van der Waals surface area contributed by atoms with Crippen molar-refractivity contribution in [1.29, 1.82) is 0 Å².